The molecule has 1 aromatic heterocycles. The van der Waals surface area contributed by atoms with Crippen molar-refractivity contribution in [3.63, 3.8) is 0 Å². The molecule has 1 amide bonds. The molecule has 0 aliphatic rings. The molecule has 3 aromatic carbocycles. The minimum absolute atomic E-state index is 0.0961. The summed E-state index contributed by atoms with van der Waals surface area (Å²) >= 11 is 1.24. The number of benzene rings is 3. The van der Waals surface area contributed by atoms with Gasteiger partial charge in [-0.1, -0.05) is 71.9 Å². The monoisotopic (exact) mass is 468 g/mol. The van der Waals surface area contributed by atoms with Crippen LogP contribution in [0, 0.1) is 18.3 Å². The smallest absolute Gasteiger partial charge is 0.262 e. The molecule has 34 heavy (non-hydrogen) atoms. The lowest BCUT2D eigenvalue weighted by Crippen LogP contribution is -2.33. The third kappa shape index (κ3) is 5.36. The summed E-state index contributed by atoms with van der Waals surface area (Å²) in [6, 6.07) is 26.7. The maximum Gasteiger partial charge on any atom is 0.262 e. The highest BCUT2D eigenvalue weighted by Gasteiger charge is 2.18. The molecule has 0 aliphatic heterocycles. The van der Waals surface area contributed by atoms with Crippen molar-refractivity contribution in [1.82, 2.24) is 9.55 Å². The zero-order valence-corrected chi connectivity index (χ0v) is 19.7. The molecule has 0 unspecified atom stereocenters. The number of amides is 1. The number of rotatable bonds is 8. The quantitative estimate of drug-likeness (QED) is 0.274. The van der Waals surface area contributed by atoms with Gasteiger partial charge in [-0.3, -0.25) is 14.2 Å². The van der Waals surface area contributed by atoms with E-state index in [1.54, 1.807) is 21.6 Å². The first-order valence-corrected chi connectivity index (χ1v) is 12.0. The number of para-hydroxylation sites is 1. The predicted octanol–water partition coefficient (Wildman–Crippen LogP) is 4.79. The van der Waals surface area contributed by atoms with Gasteiger partial charge in [0.05, 0.1) is 35.7 Å². The number of aromatic nitrogens is 2. The van der Waals surface area contributed by atoms with Crippen LogP contribution in [0.15, 0.2) is 88.8 Å². The lowest BCUT2D eigenvalue weighted by Gasteiger charge is -2.22. The lowest BCUT2D eigenvalue weighted by molar-refractivity contribution is -0.116. The standard InChI is InChI=1S/C27H24N4O2S/c1-20-12-14-22(15-13-20)30(17-7-16-28)25(32)19-34-27-29-24-11-6-5-10-23(24)26(33)31(27)18-21-8-3-2-4-9-21/h2-6,8-15H,7,17-19H2,1H3. The van der Waals surface area contributed by atoms with E-state index in [0.717, 1.165) is 16.8 Å². The molecule has 0 atom stereocenters. The van der Waals surface area contributed by atoms with E-state index in [2.05, 4.69) is 6.07 Å². The van der Waals surface area contributed by atoms with Crippen molar-refractivity contribution in [2.75, 3.05) is 17.2 Å². The molecular weight excluding hydrogens is 444 g/mol. The fourth-order valence-corrected chi connectivity index (χ4v) is 4.53. The fraction of sp³-hybridized carbons (Fsp3) is 0.185. The Morgan fingerprint density at radius 1 is 1.03 bits per heavy atom. The van der Waals surface area contributed by atoms with Gasteiger partial charge < -0.3 is 4.90 Å². The van der Waals surface area contributed by atoms with E-state index in [9.17, 15) is 9.59 Å². The number of carbonyl (C=O) groups excluding carboxylic acids is 1. The normalized spacial score (nSPS) is 10.7. The number of hydrogen-bond donors (Lipinski definition) is 0. The van der Waals surface area contributed by atoms with Crippen LogP contribution in [0.2, 0.25) is 0 Å². The largest absolute Gasteiger partial charge is 0.311 e. The molecule has 0 N–H and O–H groups in total. The van der Waals surface area contributed by atoms with E-state index in [-0.39, 0.29) is 23.6 Å². The van der Waals surface area contributed by atoms with E-state index < -0.39 is 0 Å². The molecule has 4 aromatic rings. The number of fused-ring (bicyclic) bond motifs is 1. The first-order chi connectivity index (χ1) is 16.6. The summed E-state index contributed by atoms with van der Waals surface area (Å²) in [5.74, 6) is -0.0448. The van der Waals surface area contributed by atoms with Crippen molar-refractivity contribution in [3.8, 4) is 6.07 Å². The van der Waals surface area contributed by atoms with Crippen LogP contribution in [-0.2, 0) is 11.3 Å². The van der Waals surface area contributed by atoms with Gasteiger partial charge in [-0.05, 0) is 36.8 Å². The van der Waals surface area contributed by atoms with Crippen LogP contribution in [0.25, 0.3) is 10.9 Å². The van der Waals surface area contributed by atoms with Gasteiger partial charge in [-0.2, -0.15) is 5.26 Å². The molecule has 0 fully saturated rings. The summed E-state index contributed by atoms with van der Waals surface area (Å²) in [6.45, 7) is 2.66. The third-order valence-corrected chi connectivity index (χ3v) is 6.39. The summed E-state index contributed by atoms with van der Waals surface area (Å²) in [5, 5.41) is 10.1. The highest BCUT2D eigenvalue weighted by Crippen LogP contribution is 2.22. The van der Waals surface area contributed by atoms with Crippen LogP contribution in [0.3, 0.4) is 0 Å². The van der Waals surface area contributed by atoms with Gasteiger partial charge in [-0.15, -0.1) is 0 Å². The van der Waals surface area contributed by atoms with Crippen molar-refractivity contribution in [1.29, 1.82) is 5.26 Å². The minimum atomic E-state index is -0.141. The average molecular weight is 469 g/mol. The molecule has 0 bridgehead atoms. The number of thioether (sulfide) groups is 1. The van der Waals surface area contributed by atoms with Gasteiger partial charge in [0.25, 0.3) is 5.56 Å². The Labute approximate surface area is 202 Å². The maximum atomic E-state index is 13.3. The molecule has 0 aliphatic carbocycles. The molecule has 6 nitrogen and oxygen atoms in total. The zero-order valence-electron chi connectivity index (χ0n) is 18.8. The number of nitriles is 1. The van der Waals surface area contributed by atoms with Crippen LogP contribution >= 0.6 is 11.8 Å². The first-order valence-electron chi connectivity index (χ1n) is 11.0. The molecule has 1 heterocycles. The molecule has 170 valence electrons. The van der Waals surface area contributed by atoms with E-state index in [4.69, 9.17) is 10.2 Å². The molecule has 0 spiro atoms. The molecule has 7 heteroatoms. The van der Waals surface area contributed by atoms with Gasteiger partial charge in [0.15, 0.2) is 5.16 Å². The summed E-state index contributed by atoms with van der Waals surface area (Å²) in [4.78, 5) is 32.8. The summed E-state index contributed by atoms with van der Waals surface area (Å²) in [6.07, 6.45) is 0.233. The third-order valence-electron chi connectivity index (χ3n) is 5.43. The van der Waals surface area contributed by atoms with E-state index >= 15 is 0 Å². The van der Waals surface area contributed by atoms with Crippen LogP contribution in [-0.4, -0.2) is 27.8 Å². The van der Waals surface area contributed by atoms with Gasteiger partial charge in [0, 0.05) is 12.2 Å². The molecule has 0 saturated heterocycles. The number of nitrogens with zero attached hydrogens (tertiary/aromatic N) is 4. The summed E-state index contributed by atoms with van der Waals surface area (Å²) < 4.78 is 1.63. The van der Waals surface area contributed by atoms with Gasteiger partial charge >= 0.3 is 0 Å². The Morgan fingerprint density at radius 2 is 1.74 bits per heavy atom. The van der Waals surface area contributed by atoms with E-state index in [1.165, 1.54) is 11.8 Å². The molecule has 0 saturated carbocycles. The van der Waals surface area contributed by atoms with Crippen molar-refractivity contribution in [3.05, 3.63) is 100 Å². The predicted molar refractivity (Wildman–Crippen MR) is 136 cm³/mol. The Kier molecular flexibility index (Phi) is 7.41. The first kappa shape index (κ1) is 23.3. The second kappa shape index (κ2) is 10.8. The Hall–Kier alpha value is -3.89. The second-order valence-corrected chi connectivity index (χ2v) is 8.81. The fourth-order valence-electron chi connectivity index (χ4n) is 3.65. The summed E-state index contributed by atoms with van der Waals surface area (Å²) in [5.41, 5.74) is 3.29. The molecule has 0 radical (unpaired) electrons. The van der Waals surface area contributed by atoms with Gasteiger partial charge in [0.2, 0.25) is 5.91 Å². The average Bonchev–Trinajstić information content (AvgIpc) is 2.86. The van der Waals surface area contributed by atoms with Gasteiger partial charge in [0.1, 0.15) is 0 Å². The lowest BCUT2D eigenvalue weighted by atomic mass is 10.2. The number of anilines is 1. The highest BCUT2D eigenvalue weighted by molar-refractivity contribution is 7.99. The van der Waals surface area contributed by atoms with E-state index in [0.29, 0.717) is 29.1 Å². The van der Waals surface area contributed by atoms with Crippen LogP contribution in [0.4, 0.5) is 5.69 Å². The topological polar surface area (TPSA) is 79.0 Å². The second-order valence-electron chi connectivity index (χ2n) is 7.87. The van der Waals surface area contributed by atoms with Crippen LogP contribution in [0.5, 0.6) is 0 Å². The van der Waals surface area contributed by atoms with Crippen molar-refractivity contribution in [2.24, 2.45) is 0 Å². The Morgan fingerprint density at radius 3 is 2.47 bits per heavy atom. The Balaban J connectivity index is 1.64. The van der Waals surface area contributed by atoms with Crippen molar-refractivity contribution >= 4 is 34.3 Å². The summed E-state index contributed by atoms with van der Waals surface area (Å²) in [7, 11) is 0. The zero-order chi connectivity index (χ0) is 23.9. The van der Waals surface area contributed by atoms with Crippen molar-refractivity contribution < 1.29 is 4.79 Å². The van der Waals surface area contributed by atoms with Crippen molar-refractivity contribution in [2.45, 2.75) is 25.0 Å². The Bertz CT molecular complexity index is 1390. The molecule has 4 rings (SSSR count). The minimum Gasteiger partial charge on any atom is -0.311 e. The highest BCUT2D eigenvalue weighted by atomic mass is 32.2. The molecular formula is C27H24N4O2S. The van der Waals surface area contributed by atoms with E-state index in [1.807, 2.05) is 73.7 Å². The van der Waals surface area contributed by atoms with Crippen LogP contribution < -0.4 is 10.5 Å². The number of carbonyl (C=O) groups is 1. The SMILES string of the molecule is Cc1ccc(N(CCC#N)C(=O)CSc2nc3ccccc3c(=O)n2Cc2ccccc2)cc1. The van der Waals surface area contributed by atoms with Gasteiger partial charge in [-0.25, -0.2) is 4.98 Å². The number of aryl methyl sites for hydroxylation is 1. The maximum absolute atomic E-state index is 13.3. The number of hydrogen-bond acceptors (Lipinski definition) is 5. The van der Waals surface area contributed by atoms with Crippen LogP contribution in [0.1, 0.15) is 17.5 Å².